The molecule has 0 bridgehead atoms. The summed E-state index contributed by atoms with van der Waals surface area (Å²) in [4.78, 5) is 23.3. The predicted octanol–water partition coefficient (Wildman–Crippen LogP) is 6.21. The molecule has 2 aromatic rings. The average molecular weight is 525 g/mol. The highest BCUT2D eigenvalue weighted by Gasteiger charge is 2.28. The molecule has 0 aromatic heterocycles. The van der Waals surface area contributed by atoms with Gasteiger partial charge in [0.15, 0.2) is 6.04 Å². The SMILES string of the molecule is C1CCC(NC2CCCCC2)CC1.CC(OCc1ccccc1)C(NC(=O)OCc1ccccc1)C(=O)O. The topological polar surface area (TPSA) is 96.9 Å². The third-order valence-electron chi connectivity index (χ3n) is 7.26. The maximum absolute atomic E-state index is 11.9. The number of rotatable bonds is 10. The standard InChI is InChI=1S/C19H21NO5.C12H23N/c1-14(24-12-15-8-4-2-5-9-15)17(18(21)22)20-19(23)25-13-16-10-6-3-7-11-16;1-3-7-11(8-4-1)13-12-9-5-2-6-10-12/h2-11,14,17H,12-13H2,1H3,(H,20,23)(H,21,22);11-13H,1-10H2. The Bertz CT molecular complexity index is 912. The van der Waals surface area contributed by atoms with Gasteiger partial charge in [-0.05, 0) is 43.7 Å². The summed E-state index contributed by atoms with van der Waals surface area (Å²) in [6, 6.07) is 19.1. The third kappa shape index (κ3) is 11.2. The largest absolute Gasteiger partial charge is 0.480 e. The second-order valence-electron chi connectivity index (χ2n) is 10.4. The molecular formula is C31H44N2O5. The van der Waals surface area contributed by atoms with Crippen molar-refractivity contribution in [2.45, 2.75) is 109 Å². The summed E-state index contributed by atoms with van der Waals surface area (Å²) in [6.07, 6.45) is 13.0. The molecule has 0 saturated heterocycles. The highest BCUT2D eigenvalue weighted by atomic mass is 16.5. The highest BCUT2D eigenvalue weighted by Crippen LogP contribution is 2.22. The number of nitrogens with one attached hydrogen (secondary N) is 2. The van der Waals surface area contributed by atoms with Gasteiger partial charge in [-0.15, -0.1) is 0 Å². The number of hydrogen-bond acceptors (Lipinski definition) is 5. The molecule has 1 amide bonds. The van der Waals surface area contributed by atoms with Gasteiger partial charge in [-0.2, -0.15) is 0 Å². The number of hydrogen-bond donors (Lipinski definition) is 3. The zero-order valence-electron chi connectivity index (χ0n) is 22.6. The van der Waals surface area contributed by atoms with Crippen molar-refractivity contribution < 1.29 is 24.2 Å². The summed E-state index contributed by atoms with van der Waals surface area (Å²) in [5, 5.41) is 15.5. The number of amides is 1. The van der Waals surface area contributed by atoms with Gasteiger partial charge < -0.3 is 25.2 Å². The summed E-state index contributed by atoms with van der Waals surface area (Å²) in [5.74, 6) is -1.18. The molecule has 0 aliphatic heterocycles. The van der Waals surface area contributed by atoms with Crippen molar-refractivity contribution >= 4 is 12.1 Å². The van der Waals surface area contributed by atoms with Crippen LogP contribution in [0.4, 0.5) is 4.79 Å². The Labute approximate surface area is 227 Å². The van der Waals surface area contributed by atoms with Crippen molar-refractivity contribution in [3.63, 3.8) is 0 Å². The molecule has 7 nitrogen and oxygen atoms in total. The van der Waals surface area contributed by atoms with Crippen molar-refractivity contribution in [3.8, 4) is 0 Å². The van der Waals surface area contributed by atoms with Crippen LogP contribution in [0.2, 0.25) is 0 Å². The molecule has 2 fully saturated rings. The van der Waals surface area contributed by atoms with Gasteiger partial charge in [0, 0.05) is 12.1 Å². The van der Waals surface area contributed by atoms with E-state index in [0.29, 0.717) is 0 Å². The number of carbonyl (C=O) groups excluding carboxylic acids is 1. The Kier molecular flexibility index (Phi) is 13.1. The molecule has 4 rings (SSSR count). The summed E-state index contributed by atoms with van der Waals surface area (Å²) < 4.78 is 10.6. The van der Waals surface area contributed by atoms with Gasteiger partial charge in [-0.25, -0.2) is 9.59 Å². The first-order chi connectivity index (χ1) is 18.5. The Morgan fingerprint density at radius 1 is 0.789 bits per heavy atom. The van der Waals surface area contributed by atoms with E-state index in [2.05, 4.69) is 10.6 Å². The van der Waals surface area contributed by atoms with E-state index in [1.165, 1.54) is 64.2 Å². The number of ether oxygens (including phenoxy) is 2. The Hall–Kier alpha value is -2.90. The fourth-order valence-electron chi connectivity index (χ4n) is 5.04. The number of alkyl carbamates (subject to hydrolysis) is 1. The van der Waals surface area contributed by atoms with Crippen LogP contribution in [0.25, 0.3) is 0 Å². The molecule has 2 aromatic carbocycles. The Balaban J connectivity index is 0.000000256. The fraction of sp³-hybridized carbons (Fsp3) is 0.548. The van der Waals surface area contributed by atoms with Crippen LogP contribution < -0.4 is 10.6 Å². The molecule has 38 heavy (non-hydrogen) atoms. The molecule has 3 N–H and O–H groups in total. The molecular weight excluding hydrogens is 480 g/mol. The van der Waals surface area contributed by atoms with Gasteiger partial charge in [0.2, 0.25) is 0 Å². The zero-order chi connectivity index (χ0) is 27.0. The van der Waals surface area contributed by atoms with Crippen LogP contribution in [0.1, 0.15) is 82.3 Å². The molecule has 0 radical (unpaired) electrons. The maximum atomic E-state index is 11.9. The smallest absolute Gasteiger partial charge is 0.408 e. The lowest BCUT2D eigenvalue weighted by atomic mass is 9.91. The van der Waals surface area contributed by atoms with Crippen molar-refractivity contribution in [1.82, 2.24) is 10.6 Å². The normalized spacial score (nSPS) is 17.9. The first-order valence-corrected chi connectivity index (χ1v) is 14.1. The second-order valence-corrected chi connectivity index (χ2v) is 10.4. The summed E-state index contributed by atoms with van der Waals surface area (Å²) in [6.45, 7) is 1.92. The Morgan fingerprint density at radius 3 is 1.74 bits per heavy atom. The first kappa shape index (κ1) is 29.7. The predicted molar refractivity (Wildman–Crippen MR) is 149 cm³/mol. The van der Waals surface area contributed by atoms with E-state index < -0.39 is 24.2 Å². The van der Waals surface area contributed by atoms with Gasteiger partial charge in [0.05, 0.1) is 12.7 Å². The van der Waals surface area contributed by atoms with E-state index in [9.17, 15) is 14.7 Å². The molecule has 2 aliphatic carbocycles. The van der Waals surface area contributed by atoms with Crippen LogP contribution >= 0.6 is 0 Å². The lowest BCUT2D eigenvalue weighted by molar-refractivity contribution is -0.143. The molecule has 2 saturated carbocycles. The van der Waals surface area contributed by atoms with Crippen molar-refractivity contribution in [1.29, 1.82) is 0 Å². The molecule has 0 spiro atoms. The molecule has 0 heterocycles. The van der Waals surface area contributed by atoms with Gasteiger partial charge in [-0.1, -0.05) is 99.2 Å². The van der Waals surface area contributed by atoms with Gasteiger partial charge >= 0.3 is 12.1 Å². The van der Waals surface area contributed by atoms with E-state index in [-0.39, 0.29) is 13.2 Å². The van der Waals surface area contributed by atoms with Crippen LogP contribution in [-0.2, 0) is 27.5 Å². The van der Waals surface area contributed by atoms with Gasteiger partial charge in [0.1, 0.15) is 6.61 Å². The van der Waals surface area contributed by atoms with Gasteiger partial charge in [-0.3, -0.25) is 0 Å². The third-order valence-corrected chi connectivity index (χ3v) is 7.26. The van der Waals surface area contributed by atoms with Crippen LogP contribution in [0.3, 0.4) is 0 Å². The second kappa shape index (κ2) is 16.8. The molecule has 208 valence electrons. The van der Waals surface area contributed by atoms with E-state index in [4.69, 9.17) is 9.47 Å². The minimum Gasteiger partial charge on any atom is -0.480 e. The lowest BCUT2D eigenvalue weighted by Gasteiger charge is -2.30. The number of carboxylic acids is 1. The lowest BCUT2D eigenvalue weighted by Crippen LogP contribution is -2.48. The van der Waals surface area contributed by atoms with E-state index in [1.54, 1.807) is 6.92 Å². The first-order valence-electron chi connectivity index (χ1n) is 14.1. The molecule has 2 aliphatic rings. The van der Waals surface area contributed by atoms with Crippen LogP contribution in [-0.4, -0.2) is 41.4 Å². The van der Waals surface area contributed by atoms with E-state index >= 15 is 0 Å². The maximum Gasteiger partial charge on any atom is 0.408 e. The van der Waals surface area contributed by atoms with Crippen LogP contribution in [0, 0.1) is 0 Å². The quantitative estimate of drug-likeness (QED) is 0.342. The number of carboxylic acid groups (broad SMARTS) is 1. The summed E-state index contributed by atoms with van der Waals surface area (Å²) >= 11 is 0. The number of aliphatic carboxylic acids is 1. The van der Waals surface area contributed by atoms with Crippen molar-refractivity contribution in [3.05, 3.63) is 71.8 Å². The fourth-order valence-corrected chi connectivity index (χ4v) is 5.04. The average Bonchev–Trinajstić information content (AvgIpc) is 2.96. The molecule has 2 atom stereocenters. The summed E-state index contributed by atoms with van der Waals surface area (Å²) in [5.41, 5.74) is 1.74. The minimum atomic E-state index is -1.20. The van der Waals surface area contributed by atoms with Gasteiger partial charge in [0.25, 0.3) is 0 Å². The highest BCUT2D eigenvalue weighted by molar-refractivity contribution is 5.80. The minimum absolute atomic E-state index is 0.0677. The van der Waals surface area contributed by atoms with Crippen molar-refractivity contribution in [2.75, 3.05) is 0 Å². The summed E-state index contributed by atoms with van der Waals surface area (Å²) in [7, 11) is 0. The van der Waals surface area contributed by atoms with E-state index in [0.717, 1.165) is 23.2 Å². The number of carbonyl (C=O) groups is 2. The monoisotopic (exact) mass is 524 g/mol. The zero-order valence-corrected chi connectivity index (χ0v) is 22.6. The molecule has 7 heteroatoms. The number of benzene rings is 2. The van der Waals surface area contributed by atoms with Crippen molar-refractivity contribution in [2.24, 2.45) is 0 Å². The Morgan fingerprint density at radius 2 is 1.26 bits per heavy atom. The van der Waals surface area contributed by atoms with Crippen LogP contribution in [0.5, 0.6) is 0 Å². The van der Waals surface area contributed by atoms with Crippen LogP contribution in [0.15, 0.2) is 60.7 Å². The van der Waals surface area contributed by atoms with E-state index in [1.807, 2.05) is 60.7 Å². The molecule has 2 unspecified atom stereocenters.